The van der Waals surface area contributed by atoms with Crippen molar-refractivity contribution in [2.45, 2.75) is 30.2 Å². The van der Waals surface area contributed by atoms with Crippen LogP contribution in [0.3, 0.4) is 0 Å². The summed E-state index contributed by atoms with van der Waals surface area (Å²) in [6.45, 7) is 0. The molecule has 1 saturated carbocycles. The van der Waals surface area contributed by atoms with Crippen molar-refractivity contribution in [3.63, 3.8) is 0 Å². The Labute approximate surface area is 108 Å². The van der Waals surface area contributed by atoms with Crippen LogP contribution in [0.2, 0.25) is 0 Å². The third-order valence-electron chi connectivity index (χ3n) is 2.57. The van der Waals surface area contributed by atoms with Gasteiger partial charge in [0.15, 0.2) is 0 Å². The van der Waals surface area contributed by atoms with Gasteiger partial charge in [0.25, 0.3) is 6.43 Å². The third-order valence-corrected chi connectivity index (χ3v) is 3.66. The Morgan fingerprint density at radius 2 is 2.22 bits per heavy atom. The number of nitrogens with one attached hydrogen (secondary N) is 1. The number of anilines is 1. The lowest BCUT2D eigenvalue weighted by Crippen LogP contribution is -2.27. The minimum absolute atomic E-state index is 0.112. The van der Waals surface area contributed by atoms with Crippen molar-refractivity contribution in [3.05, 3.63) is 23.8 Å². The molecule has 1 aromatic carbocycles. The maximum absolute atomic E-state index is 12.8. The van der Waals surface area contributed by atoms with Crippen molar-refractivity contribution in [2.75, 3.05) is 11.5 Å². The van der Waals surface area contributed by atoms with Gasteiger partial charge < -0.3 is 11.1 Å². The first-order valence-electron chi connectivity index (χ1n) is 5.66. The molecule has 1 fully saturated rings. The first-order valence-corrected chi connectivity index (χ1v) is 6.64. The van der Waals surface area contributed by atoms with Gasteiger partial charge in [0.05, 0.1) is 5.75 Å². The van der Waals surface area contributed by atoms with Gasteiger partial charge >= 0.3 is 0 Å². The third kappa shape index (κ3) is 3.60. The van der Waals surface area contributed by atoms with Crippen LogP contribution in [0.4, 0.5) is 14.5 Å². The summed E-state index contributed by atoms with van der Waals surface area (Å²) in [4.78, 5) is 11.9. The van der Waals surface area contributed by atoms with Crippen LogP contribution in [0.1, 0.15) is 24.8 Å². The predicted molar refractivity (Wildman–Crippen MR) is 67.7 cm³/mol. The van der Waals surface area contributed by atoms with E-state index in [9.17, 15) is 13.6 Å². The molecule has 1 aromatic rings. The highest BCUT2D eigenvalue weighted by molar-refractivity contribution is 8.00. The quantitative estimate of drug-likeness (QED) is 0.640. The van der Waals surface area contributed by atoms with Crippen LogP contribution in [-0.2, 0) is 4.79 Å². The Kier molecular flexibility index (Phi) is 4.06. The van der Waals surface area contributed by atoms with Crippen molar-refractivity contribution >= 4 is 23.4 Å². The molecule has 98 valence electrons. The minimum Gasteiger partial charge on any atom is -0.399 e. The number of hydrogen-bond acceptors (Lipinski definition) is 3. The maximum Gasteiger partial charge on any atom is 0.265 e. The second-order valence-electron chi connectivity index (χ2n) is 4.23. The van der Waals surface area contributed by atoms with Gasteiger partial charge in [-0.05, 0) is 31.0 Å². The van der Waals surface area contributed by atoms with E-state index in [0.29, 0.717) is 16.6 Å². The van der Waals surface area contributed by atoms with Gasteiger partial charge in [0.2, 0.25) is 5.91 Å². The molecule has 0 unspecified atom stereocenters. The summed E-state index contributed by atoms with van der Waals surface area (Å²) in [6, 6.07) is 4.64. The average Bonchev–Trinajstić information content (AvgIpc) is 3.11. The lowest BCUT2D eigenvalue weighted by Gasteiger charge is -2.09. The Morgan fingerprint density at radius 1 is 1.50 bits per heavy atom. The van der Waals surface area contributed by atoms with E-state index in [1.807, 2.05) is 0 Å². The van der Waals surface area contributed by atoms with Crippen LogP contribution in [-0.4, -0.2) is 17.7 Å². The number of carbonyl (C=O) groups is 1. The molecule has 3 N–H and O–H groups in total. The van der Waals surface area contributed by atoms with Gasteiger partial charge in [-0.25, -0.2) is 8.78 Å². The number of nitrogens with two attached hydrogens (primary N) is 1. The van der Waals surface area contributed by atoms with Crippen molar-refractivity contribution in [1.82, 2.24) is 5.32 Å². The Bertz CT molecular complexity index is 450. The molecular weight excluding hydrogens is 258 g/mol. The van der Waals surface area contributed by atoms with Crippen molar-refractivity contribution in [1.29, 1.82) is 0 Å². The van der Waals surface area contributed by atoms with Gasteiger partial charge in [0, 0.05) is 22.2 Å². The fourth-order valence-electron chi connectivity index (χ4n) is 1.51. The summed E-state index contributed by atoms with van der Waals surface area (Å²) < 4.78 is 25.6. The number of thioether (sulfide) groups is 1. The highest BCUT2D eigenvalue weighted by atomic mass is 32.2. The number of benzene rings is 1. The fraction of sp³-hybridized carbons (Fsp3) is 0.417. The lowest BCUT2D eigenvalue weighted by atomic mass is 10.2. The zero-order chi connectivity index (χ0) is 13.1. The van der Waals surface area contributed by atoms with E-state index in [4.69, 9.17) is 5.73 Å². The van der Waals surface area contributed by atoms with Gasteiger partial charge in [-0.2, -0.15) is 0 Å². The van der Waals surface area contributed by atoms with Crippen LogP contribution in [0, 0.1) is 0 Å². The molecule has 3 nitrogen and oxygen atoms in total. The fourth-order valence-corrected chi connectivity index (χ4v) is 2.36. The highest BCUT2D eigenvalue weighted by Gasteiger charge is 2.23. The second-order valence-corrected chi connectivity index (χ2v) is 5.25. The first kappa shape index (κ1) is 13.1. The smallest absolute Gasteiger partial charge is 0.265 e. The summed E-state index contributed by atoms with van der Waals surface area (Å²) >= 11 is 1.11. The van der Waals surface area contributed by atoms with E-state index in [-0.39, 0.29) is 17.2 Å². The van der Waals surface area contributed by atoms with Crippen molar-refractivity contribution in [2.24, 2.45) is 0 Å². The van der Waals surface area contributed by atoms with Crippen LogP contribution in [0.5, 0.6) is 0 Å². The molecule has 0 spiro atoms. The number of carbonyl (C=O) groups excluding carboxylic acids is 1. The van der Waals surface area contributed by atoms with E-state index in [1.165, 1.54) is 12.1 Å². The summed E-state index contributed by atoms with van der Waals surface area (Å²) in [6.07, 6.45) is -0.552. The van der Waals surface area contributed by atoms with Crippen LogP contribution >= 0.6 is 11.8 Å². The van der Waals surface area contributed by atoms with E-state index < -0.39 is 6.43 Å². The van der Waals surface area contributed by atoms with Crippen LogP contribution < -0.4 is 11.1 Å². The largest absolute Gasteiger partial charge is 0.399 e. The number of rotatable bonds is 5. The lowest BCUT2D eigenvalue weighted by molar-refractivity contribution is -0.118. The van der Waals surface area contributed by atoms with E-state index >= 15 is 0 Å². The van der Waals surface area contributed by atoms with Gasteiger partial charge in [-0.1, -0.05) is 0 Å². The minimum atomic E-state index is -2.58. The number of amides is 1. The van der Waals surface area contributed by atoms with E-state index in [2.05, 4.69) is 5.32 Å². The molecule has 2 rings (SSSR count). The molecule has 0 aromatic heterocycles. The van der Waals surface area contributed by atoms with Crippen LogP contribution in [0.15, 0.2) is 23.1 Å². The Balaban J connectivity index is 1.96. The topological polar surface area (TPSA) is 55.1 Å². The predicted octanol–water partition coefficient (Wildman–Crippen LogP) is 2.58. The summed E-state index contributed by atoms with van der Waals surface area (Å²) in [5, 5.41) is 2.81. The number of alkyl halides is 2. The van der Waals surface area contributed by atoms with Gasteiger partial charge in [0.1, 0.15) is 0 Å². The molecule has 0 aliphatic heterocycles. The Hall–Kier alpha value is -1.30. The SMILES string of the molecule is Nc1ccc(SCC(=O)NC2CC2)c(C(F)F)c1. The van der Waals surface area contributed by atoms with Gasteiger partial charge in [-0.3, -0.25) is 4.79 Å². The van der Waals surface area contributed by atoms with Gasteiger partial charge in [-0.15, -0.1) is 11.8 Å². The monoisotopic (exact) mass is 272 g/mol. The molecule has 0 radical (unpaired) electrons. The van der Waals surface area contributed by atoms with Crippen molar-refractivity contribution in [3.8, 4) is 0 Å². The Morgan fingerprint density at radius 3 is 2.83 bits per heavy atom. The van der Waals surface area contributed by atoms with E-state index in [0.717, 1.165) is 24.6 Å². The molecule has 1 aliphatic carbocycles. The molecule has 0 heterocycles. The molecule has 1 amide bonds. The summed E-state index contributed by atoms with van der Waals surface area (Å²) in [5.74, 6) is 0.0414. The maximum atomic E-state index is 12.8. The zero-order valence-electron chi connectivity index (χ0n) is 9.66. The number of halogens is 2. The molecule has 18 heavy (non-hydrogen) atoms. The van der Waals surface area contributed by atoms with E-state index in [1.54, 1.807) is 6.07 Å². The molecular formula is C12H14F2N2OS. The summed E-state index contributed by atoms with van der Waals surface area (Å²) in [7, 11) is 0. The standard InChI is InChI=1S/C12H14F2N2OS/c13-12(14)9-5-7(15)1-4-10(9)18-6-11(17)16-8-2-3-8/h1,4-5,8,12H,2-3,6,15H2,(H,16,17). The first-order chi connectivity index (χ1) is 8.56. The molecule has 0 saturated heterocycles. The normalized spacial score (nSPS) is 14.8. The number of nitrogen functional groups attached to an aromatic ring is 1. The summed E-state index contributed by atoms with van der Waals surface area (Å²) in [5.41, 5.74) is 5.66. The van der Waals surface area contributed by atoms with Crippen LogP contribution in [0.25, 0.3) is 0 Å². The van der Waals surface area contributed by atoms with Crippen molar-refractivity contribution < 1.29 is 13.6 Å². The average molecular weight is 272 g/mol. The second kappa shape index (κ2) is 5.56. The zero-order valence-corrected chi connectivity index (χ0v) is 10.5. The molecule has 1 aliphatic rings. The number of hydrogen-bond donors (Lipinski definition) is 2. The molecule has 0 atom stereocenters. The highest BCUT2D eigenvalue weighted by Crippen LogP contribution is 2.32. The molecule has 0 bridgehead atoms. The molecule has 6 heteroatoms.